The van der Waals surface area contributed by atoms with E-state index in [9.17, 15) is 4.79 Å². The molecule has 0 spiro atoms. The number of halogens is 1. The molecule has 0 aromatic heterocycles. The molecule has 0 N–H and O–H groups in total. The molecule has 2 aromatic rings. The first-order chi connectivity index (χ1) is 12.1. The lowest BCUT2D eigenvalue weighted by Gasteiger charge is -2.29. The standard InChI is InChI=1S/C19H22ClN3O2/c1-3-22(2)13-19(24)23-8-9-25-18(12-23)21-17-11-15(20)10-14-6-4-5-7-16(14)17/h4-7,10-11H,3,8-9,12-13H2,1-2H3. The SMILES string of the molecule is CCN(C)CC(=O)N1CCOC(=Nc2cc(Cl)cc3ccccc23)C1. The molecule has 0 bridgehead atoms. The number of hydrogen-bond acceptors (Lipinski definition) is 4. The molecule has 1 aliphatic rings. The highest BCUT2D eigenvalue weighted by Gasteiger charge is 2.22. The summed E-state index contributed by atoms with van der Waals surface area (Å²) < 4.78 is 5.68. The average molecular weight is 360 g/mol. The summed E-state index contributed by atoms with van der Waals surface area (Å²) in [6, 6.07) is 11.7. The molecule has 0 radical (unpaired) electrons. The molecule has 1 aliphatic heterocycles. The fourth-order valence-corrected chi connectivity index (χ4v) is 2.99. The number of morpholine rings is 1. The molecule has 0 atom stereocenters. The van der Waals surface area contributed by atoms with Crippen molar-refractivity contribution < 1.29 is 9.53 Å². The second kappa shape index (κ2) is 7.85. The summed E-state index contributed by atoms with van der Waals surface area (Å²) in [5, 5.41) is 2.67. The maximum absolute atomic E-state index is 12.4. The van der Waals surface area contributed by atoms with Gasteiger partial charge in [0.25, 0.3) is 0 Å². The summed E-state index contributed by atoms with van der Waals surface area (Å²) in [4.78, 5) is 20.8. The Hall–Kier alpha value is -2.11. The lowest BCUT2D eigenvalue weighted by molar-refractivity contribution is -0.132. The molecule has 3 rings (SSSR count). The summed E-state index contributed by atoms with van der Waals surface area (Å²) in [6.07, 6.45) is 0. The third-order valence-corrected chi connectivity index (χ3v) is 4.52. The van der Waals surface area contributed by atoms with Crippen LogP contribution in [-0.4, -0.2) is 61.4 Å². The van der Waals surface area contributed by atoms with Crippen molar-refractivity contribution >= 4 is 39.9 Å². The summed E-state index contributed by atoms with van der Waals surface area (Å²) in [5.41, 5.74) is 0.762. The number of carbonyl (C=O) groups excluding carboxylic acids is 1. The monoisotopic (exact) mass is 359 g/mol. The number of hydrogen-bond donors (Lipinski definition) is 0. The van der Waals surface area contributed by atoms with Crippen molar-refractivity contribution in [1.82, 2.24) is 9.80 Å². The van der Waals surface area contributed by atoms with Crippen molar-refractivity contribution in [3.63, 3.8) is 0 Å². The average Bonchev–Trinajstić information content (AvgIpc) is 2.61. The van der Waals surface area contributed by atoms with E-state index < -0.39 is 0 Å². The van der Waals surface area contributed by atoms with Gasteiger partial charge in [-0.15, -0.1) is 0 Å². The molecule has 2 aromatic carbocycles. The minimum Gasteiger partial charge on any atom is -0.478 e. The van der Waals surface area contributed by atoms with E-state index in [1.807, 2.05) is 55.3 Å². The Kier molecular flexibility index (Phi) is 5.56. The van der Waals surface area contributed by atoms with Gasteiger partial charge in [0.15, 0.2) is 0 Å². The molecular formula is C19H22ClN3O2. The molecule has 132 valence electrons. The van der Waals surface area contributed by atoms with Crippen molar-refractivity contribution in [2.75, 3.05) is 39.8 Å². The van der Waals surface area contributed by atoms with Gasteiger partial charge >= 0.3 is 0 Å². The van der Waals surface area contributed by atoms with Crippen LogP contribution in [0.4, 0.5) is 5.69 Å². The van der Waals surface area contributed by atoms with E-state index in [1.54, 1.807) is 4.90 Å². The quantitative estimate of drug-likeness (QED) is 0.841. The van der Waals surface area contributed by atoms with Crippen LogP contribution in [0.2, 0.25) is 5.02 Å². The molecular weight excluding hydrogens is 338 g/mol. The molecule has 1 fully saturated rings. The molecule has 1 saturated heterocycles. The van der Waals surface area contributed by atoms with Crippen LogP contribution in [0.5, 0.6) is 0 Å². The smallest absolute Gasteiger partial charge is 0.237 e. The number of aliphatic imine (C=N–C) groups is 1. The maximum atomic E-state index is 12.4. The van der Waals surface area contributed by atoms with Gasteiger partial charge in [-0.25, -0.2) is 4.99 Å². The van der Waals surface area contributed by atoms with E-state index in [0.717, 1.165) is 23.0 Å². The lowest BCUT2D eigenvalue weighted by Crippen LogP contribution is -2.47. The first kappa shape index (κ1) is 17.7. The summed E-state index contributed by atoms with van der Waals surface area (Å²) in [6.45, 7) is 4.71. The Bertz CT molecular complexity index is 806. The van der Waals surface area contributed by atoms with Crippen LogP contribution < -0.4 is 0 Å². The molecule has 0 aliphatic carbocycles. The van der Waals surface area contributed by atoms with E-state index in [1.165, 1.54) is 0 Å². The summed E-state index contributed by atoms with van der Waals surface area (Å²) in [7, 11) is 1.94. The fraction of sp³-hybridized carbons (Fsp3) is 0.368. The highest BCUT2D eigenvalue weighted by Crippen LogP contribution is 2.30. The minimum atomic E-state index is 0.0938. The molecule has 0 unspecified atom stereocenters. The summed E-state index contributed by atoms with van der Waals surface area (Å²) >= 11 is 6.21. The molecule has 1 heterocycles. The zero-order chi connectivity index (χ0) is 17.8. The van der Waals surface area contributed by atoms with Gasteiger partial charge < -0.3 is 9.64 Å². The van der Waals surface area contributed by atoms with Crippen LogP contribution in [0.3, 0.4) is 0 Å². The normalized spacial score (nSPS) is 16.5. The Balaban J connectivity index is 1.83. The van der Waals surface area contributed by atoms with E-state index >= 15 is 0 Å². The number of ether oxygens (including phenoxy) is 1. The third kappa shape index (κ3) is 4.30. The van der Waals surface area contributed by atoms with Gasteiger partial charge in [0.1, 0.15) is 6.61 Å². The summed E-state index contributed by atoms with van der Waals surface area (Å²) in [5.74, 6) is 0.641. The van der Waals surface area contributed by atoms with Gasteiger partial charge in [0.2, 0.25) is 11.8 Å². The zero-order valence-corrected chi connectivity index (χ0v) is 15.3. The molecule has 6 heteroatoms. The van der Waals surface area contributed by atoms with Gasteiger partial charge in [-0.05, 0) is 31.1 Å². The Morgan fingerprint density at radius 2 is 2.16 bits per heavy atom. The predicted molar refractivity (Wildman–Crippen MR) is 102 cm³/mol. The van der Waals surface area contributed by atoms with Crippen LogP contribution in [0, 0.1) is 0 Å². The highest BCUT2D eigenvalue weighted by molar-refractivity contribution is 6.32. The van der Waals surface area contributed by atoms with E-state index in [4.69, 9.17) is 16.3 Å². The topological polar surface area (TPSA) is 45.1 Å². The zero-order valence-electron chi connectivity index (χ0n) is 14.5. The van der Waals surface area contributed by atoms with E-state index in [-0.39, 0.29) is 5.91 Å². The van der Waals surface area contributed by atoms with Crippen LogP contribution in [0.25, 0.3) is 10.8 Å². The van der Waals surface area contributed by atoms with Crippen molar-refractivity contribution in [2.24, 2.45) is 4.99 Å². The van der Waals surface area contributed by atoms with E-state index in [0.29, 0.717) is 37.2 Å². The van der Waals surface area contributed by atoms with Crippen LogP contribution in [0.15, 0.2) is 41.4 Å². The largest absolute Gasteiger partial charge is 0.478 e. The van der Waals surface area contributed by atoms with Gasteiger partial charge in [0, 0.05) is 10.4 Å². The van der Waals surface area contributed by atoms with Crippen molar-refractivity contribution in [1.29, 1.82) is 0 Å². The maximum Gasteiger partial charge on any atom is 0.237 e. The molecule has 1 amide bonds. The Morgan fingerprint density at radius 3 is 2.96 bits per heavy atom. The number of rotatable bonds is 4. The van der Waals surface area contributed by atoms with Crippen LogP contribution in [0.1, 0.15) is 6.92 Å². The van der Waals surface area contributed by atoms with Crippen LogP contribution in [-0.2, 0) is 9.53 Å². The number of nitrogens with zero attached hydrogens (tertiary/aromatic N) is 3. The van der Waals surface area contributed by atoms with Gasteiger partial charge in [-0.3, -0.25) is 9.69 Å². The number of amides is 1. The Labute approximate surface area is 152 Å². The Morgan fingerprint density at radius 1 is 1.36 bits per heavy atom. The first-order valence-electron chi connectivity index (χ1n) is 8.42. The van der Waals surface area contributed by atoms with E-state index in [2.05, 4.69) is 4.99 Å². The molecule has 25 heavy (non-hydrogen) atoms. The van der Waals surface area contributed by atoms with Gasteiger partial charge in [-0.1, -0.05) is 42.8 Å². The lowest BCUT2D eigenvalue weighted by atomic mass is 10.1. The number of benzene rings is 2. The molecule has 5 nitrogen and oxygen atoms in total. The first-order valence-corrected chi connectivity index (χ1v) is 8.79. The van der Waals surface area contributed by atoms with Crippen LogP contribution >= 0.6 is 11.6 Å². The van der Waals surface area contributed by atoms with Crippen molar-refractivity contribution in [2.45, 2.75) is 6.92 Å². The van der Waals surface area contributed by atoms with Crippen molar-refractivity contribution in [3.05, 3.63) is 41.4 Å². The number of fused-ring (bicyclic) bond motifs is 1. The number of carbonyl (C=O) groups is 1. The molecule has 0 saturated carbocycles. The highest BCUT2D eigenvalue weighted by atomic mass is 35.5. The predicted octanol–water partition coefficient (Wildman–Crippen LogP) is 3.33. The fourth-order valence-electron chi connectivity index (χ4n) is 2.77. The van der Waals surface area contributed by atoms with Gasteiger partial charge in [0.05, 0.1) is 25.3 Å². The number of likely N-dealkylation sites (N-methyl/N-ethyl adjacent to an activating group) is 1. The van der Waals surface area contributed by atoms with Crippen molar-refractivity contribution in [3.8, 4) is 0 Å². The van der Waals surface area contributed by atoms with Gasteiger partial charge in [-0.2, -0.15) is 0 Å². The second-order valence-corrected chi connectivity index (χ2v) is 6.58. The minimum absolute atomic E-state index is 0.0938. The second-order valence-electron chi connectivity index (χ2n) is 6.15. The third-order valence-electron chi connectivity index (χ3n) is 4.30.